The molecule has 3 aromatic rings. The summed E-state index contributed by atoms with van der Waals surface area (Å²) in [6, 6.07) is 13.8. The fourth-order valence-corrected chi connectivity index (χ4v) is 4.79. The van der Waals surface area contributed by atoms with Crippen LogP contribution < -0.4 is 9.46 Å². The van der Waals surface area contributed by atoms with Crippen LogP contribution in [0.2, 0.25) is 0 Å². The smallest absolute Gasteiger partial charge is 0.264 e. The number of rotatable bonds is 5. The van der Waals surface area contributed by atoms with Crippen LogP contribution in [0.15, 0.2) is 59.6 Å². The quantitative estimate of drug-likeness (QED) is 0.716. The van der Waals surface area contributed by atoms with Crippen molar-refractivity contribution in [2.24, 2.45) is 0 Å². The first-order valence-corrected chi connectivity index (χ1v) is 10.4. The molecule has 1 N–H and O–H groups in total. The van der Waals surface area contributed by atoms with E-state index in [1.807, 2.05) is 25.1 Å². The van der Waals surface area contributed by atoms with Gasteiger partial charge < -0.3 is 4.74 Å². The Kier molecular flexibility index (Phi) is 4.34. The topological polar surface area (TPSA) is 85.4 Å². The van der Waals surface area contributed by atoms with Crippen molar-refractivity contribution in [3.63, 3.8) is 0 Å². The van der Waals surface area contributed by atoms with E-state index in [1.54, 1.807) is 37.6 Å². The van der Waals surface area contributed by atoms with Crippen LogP contribution in [0.1, 0.15) is 24.0 Å². The maximum Gasteiger partial charge on any atom is 0.264 e. The summed E-state index contributed by atoms with van der Waals surface area (Å²) in [6.07, 6.45) is 2.75. The van der Waals surface area contributed by atoms with Gasteiger partial charge in [-0.3, -0.25) is 9.78 Å². The number of carbonyl (C=O) groups is 1. The van der Waals surface area contributed by atoms with E-state index >= 15 is 0 Å². The van der Waals surface area contributed by atoms with Crippen LogP contribution in [0.5, 0.6) is 5.75 Å². The van der Waals surface area contributed by atoms with Gasteiger partial charge in [0.15, 0.2) is 0 Å². The number of pyridine rings is 1. The van der Waals surface area contributed by atoms with E-state index in [1.165, 1.54) is 6.07 Å². The molecular weight excluding hydrogens is 376 g/mol. The summed E-state index contributed by atoms with van der Waals surface area (Å²) in [5.41, 5.74) is 1.38. The Morgan fingerprint density at radius 2 is 1.93 bits per heavy atom. The van der Waals surface area contributed by atoms with Crippen molar-refractivity contribution in [1.82, 2.24) is 9.71 Å². The molecule has 6 nitrogen and oxygen atoms in total. The molecule has 1 amide bonds. The molecule has 0 unspecified atom stereocenters. The summed E-state index contributed by atoms with van der Waals surface area (Å²) >= 11 is 0. The van der Waals surface area contributed by atoms with Gasteiger partial charge in [-0.25, -0.2) is 13.1 Å². The Morgan fingerprint density at radius 3 is 2.64 bits per heavy atom. The number of aryl methyl sites for hydroxylation is 1. The van der Waals surface area contributed by atoms with Crippen molar-refractivity contribution in [3.8, 4) is 5.75 Å². The number of amides is 1. The maximum atomic E-state index is 13.1. The van der Waals surface area contributed by atoms with Gasteiger partial charge in [-0.1, -0.05) is 23.8 Å². The Labute approximate surface area is 163 Å². The molecule has 1 heterocycles. The zero-order chi connectivity index (χ0) is 19.9. The van der Waals surface area contributed by atoms with Crippen molar-refractivity contribution in [3.05, 3.63) is 65.9 Å². The van der Waals surface area contributed by atoms with E-state index in [9.17, 15) is 13.2 Å². The average molecular weight is 396 g/mol. The van der Waals surface area contributed by atoms with Gasteiger partial charge in [-0.05, 0) is 50.1 Å². The van der Waals surface area contributed by atoms with Crippen LogP contribution in [0.3, 0.4) is 0 Å². The Hall–Kier alpha value is -2.93. The normalized spacial score (nSPS) is 15.2. The average Bonchev–Trinajstić information content (AvgIpc) is 3.49. The highest BCUT2D eigenvalue weighted by molar-refractivity contribution is 7.90. The molecule has 7 heteroatoms. The van der Waals surface area contributed by atoms with Gasteiger partial charge in [0, 0.05) is 17.1 Å². The maximum absolute atomic E-state index is 13.1. The molecule has 1 saturated carbocycles. The number of nitrogens with zero attached hydrogens (tertiary/aromatic N) is 1. The third-order valence-electron chi connectivity index (χ3n) is 5.18. The SMILES string of the molecule is COc1ccc(C)cc1C1(C(=O)NS(=O)(=O)c2cccc3ncccc23)CC1. The summed E-state index contributed by atoms with van der Waals surface area (Å²) in [4.78, 5) is 17.3. The van der Waals surface area contributed by atoms with Gasteiger partial charge in [-0.2, -0.15) is 0 Å². The summed E-state index contributed by atoms with van der Waals surface area (Å²) in [6.45, 7) is 1.93. The van der Waals surface area contributed by atoms with Crippen molar-refractivity contribution >= 4 is 26.8 Å². The van der Waals surface area contributed by atoms with Crippen LogP contribution >= 0.6 is 0 Å². The van der Waals surface area contributed by atoms with Crippen molar-refractivity contribution in [1.29, 1.82) is 0 Å². The fourth-order valence-electron chi connectivity index (χ4n) is 3.52. The number of aromatic nitrogens is 1. The molecule has 0 saturated heterocycles. The largest absolute Gasteiger partial charge is 0.496 e. The minimum atomic E-state index is -4.05. The summed E-state index contributed by atoms with van der Waals surface area (Å²) in [7, 11) is -2.50. The molecule has 0 aliphatic heterocycles. The highest BCUT2D eigenvalue weighted by Gasteiger charge is 2.54. The molecule has 1 fully saturated rings. The Morgan fingerprint density at radius 1 is 1.14 bits per heavy atom. The molecule has 4 rings (SSSR count). The standard InChI is InChI=1S/C21H20N2O4S/c1-14-8-9-18(27-2)16(13-14)21(10-11-21)20(24)23-28(25,26)19-7-3-6-17-15(19)5-4-12-22-17/h3-9,12-13H,10-11H2,1-2H3,(H,23,24). The minimum Gasteiger partial charge on any atom is -0.496 e. The van der Waals surface area contributed by atoms with E-state index in [0.29, 0.717) is 29.5 Å². The fraction of sp³-hybridized carbons (Fsp3) is 0.238. The van der Waals surface area contributed by atoms with E-state index in [4.69, 9.17) is 4.74 Å². The van der Waals surface area contributed by atoms with Gasteiger partial charge in [0.1, 0.15) is 5.75 Å². The van der Waals surface area contributed by atoms with Crippen LogP contribution in [-0.4, -0.2) is 26.4 Å². The lowest BCUT2D eigenvalue weighted by atomic mass is 9.93. The Bertz CT molecular complexity index is 1180. The number of nitrogens with one attached hydrogen (secondary N) is 1. The molecule has 1 aromatic heterocycles. The third-order valence-corrected chi connectivity index (χ3v) is 6.57. The second kappa shape index (κ2) is 6.60. The van der Waals surface area contributed by atoms with E-state index in [-0.39, 0.29) is 4.90 Å². The molecule has 28 heavy (non-hydrogen) atoms. The molecule has 1 aliphatic rings. The minimum absolute atomic E-state index is 0.0402. The van der Waals surface area contributed by atoms with Crippen LogP contribution in [0.4, 0.5) is 0 Å². The molecule has 2 aromatic carbocycles. The number of ether oxygens (including phenoxy) is 1. The van der Waals surface area contributed by atoms with Gasteiger partial charge in [0.25, 0.3) is 10.0 Å². The van der Waals surface area contributed by atoms with E-state index in [2.05, 4.69) is 9.71 Å². The first kappa shape index (κ1) is 18.4. The number of methoxy groups -OCH3 is 1. The number of benzene rings is 2. The van der Waals surface area contributed by atoms with Crippen LogP contribution in [0.25, 0.3) is 10.9 Å². The number of hydrogen-bond acceptors (Lipinski definition) is 5. The second-order valence-electron chi connectivity index (χ2n) is 7.05. The Balaban J connectivity index is 1.71. The molecule has 0 spiro atoms. The van der Waals surface area contributed by atoms with Crippen LogP contribution in [0, 0.1) is 6.92 Å². The predicted molar refractivity (Wildman–Crippen MR) is 106 cm³/mol. The highest BCUT2D eigenvalue weighted by Crippen LogP contribution is 2.52. The highest BCUT2D eigenvalue weighted by atomic mass is 32.2. The lowest BCUT2D eigenvalue weighted by Crippen LogP contribution is -2.39. The van der Waals surface area contributed by atoms with Crippen molar-refractivity contribution in [2.45, 2.75) is 30.1 Å². The molecule has 1 aliphatic carbocycles. The first-order chi connectivity index (χ1) is 13.4. The van der Waals surface area contributed by atoms with Gasteiger partial charge >= 0.3 is 0 Å². The summed E-state index contributed by atoms with van der Waals surface area (Å²) in [5, 5.41) is 0.475. The first-order valence-electron chi connectivity index (χ1n) is 8.93. The second-order valence-corrected chi connectivity index (χ2v) is 8.70. The molecular formula is C21H20N2O4S. The van der Waals surface area contributed by atoms with Gasteiger partial charge in [0.05, 0.1) is 22.9 Å². The number of fused-ring (bicyclic) bond motifs is 1. The third kappa shape index (κ3) is 3.01. The zero-order valence-electron chi connectivity index (χ0n) is 15.6. The molecule has 0 atom stereocenters. The number of sulfonamides is 1. The van der Waals surface area contributed by atoms with Crippen molar-refractivity contribution in [2.75, 3.05) is 7.11 Å². The van der Waals surface area contributed by atoms with Gasteiger partial charge in [0.2, 0.25) is 5.91 Å². The lowest BCUT2D eigenvalue weighted by Gasteiger charge is -2.19. The zero-order valence-corrected chi connectivity index (χ0v) is 16.4. The number of hydrogen-bond donors (Lipinski definition) is 1. The van der Waals surface area contributed by atoms with E-state index < -0.39 is 21.3 Å². The molecule has 0 bridgehead atoms. The number of carbonyl (C=O) groups excluding carboxylic acids is 1. The van der Waals surface area contributed by atoms with Crippen molar-refractivity contribution < 1.29 is 17.9 Å². The summed E-state index contributed by atoms with van der Waals surface area (Å²) in [5.74, 6) is 0.0577. The molecule has 144 valence electrons. The molecule has 0 radical (unpaired) electrons. The lowest BCUT2D eigenvalue weighted by molar-refractivity contribution is -0.121. The predicted octanol–water partition coefficient (Wildman–Crippen LogP) is 3.09. The van der Waals surface area contributed by atoms with Gasteiger partial charge in [-0.15, -0.1) is 0 Å². The van der Waals surface area contributed by atoms with Crippen LogP contribution in [-0.2, 0) is 20.2 Å². The monoisotopic (exact) mass is 396 g/mol. The summed E-state index contributed by atoms with van der Waals surface area (Å²) < 4.78 is 33.7. The van der Waals surface area contributed by atoms with E-state index in [0.717, 1.165) is 11.1 Å².